The molecular formula is C17H20N2. The van der Waals surface area contributed by atoms with E-state index in [1.165, 1.54) is 24.0 Å². The molecule has 0 aliphatic heterocycles. The monoisotopic (exact) mass is 252 g/mol. The molecule has 3 rings (SSSR count). The van der Waals surface area contributed by atoms with Gasteiger partial charge in [-0.2, -0.15) is 0 Å². The van der Waals surface area contributed by atoms with Gasteiger partial charge in [-0.05, 0) is 49.6 Å². The standard InChI is InChI=1S/C17H20N2/c1-18-16(13-14-7-11-19-12-8-14)17(9-10-17)15-5-3-2-4-6-15/h2-8,11-12,16,18H,9-10,13H2,1H3. The summed E-state index contributed by atoms with van der Waals surface area (Å²) in [7, 11) is 2.08. The first kappa shape index (κ1) is 12.4. The fourth-order valence-corrected chi connectivity index (χ4v) is 3.07. The molecule has 1 aliphatic rings. The summed E-state index contributed by atoms with van der Waals surface area (Å²) in [6.45, 7) is 0. The molecule has 1 N–H and O–H groups in total. The number of aromatic nitrogens is 1. The Bertz CT molecular complexity index is 517. The summed E-state index contributed by atoms with van der Waals surface area (Å²) in [6, 6.07) is 15.7. The zero-order valence-electron chi connectivity index (χ0n) is 11.3. The lowest BCUT2D eigenvalue weighted by Crippen LogP contribution is -2.39. The minimum absolute atomic E-state index is 0.333. The predicted octanol–water partition coefficient (Wildman–Crippen LogP) is 2.94. The second-order valence-electron chi connectivity index (χ2n) is 5.42. The van der Waals surface area contributed by atoms with E-state index >= 15 is 0 Å². The molecule has 1 heterocycles. The first-order chi connectivity index (χ1) is 9.35. The lowest BCUT2D eigenvalue weighted by Gasteiger charge is -2.27. The number of nitrogens with one attached hydrogen (secondary N) is 1. The molecule has 2 aromatic rings. The number of hydrogen-bond acceptors (Lipinski definition) is 2. The molecule has 1 unspecified atom stereocenters. The van der Waals surface area contributed by atoms with Crippen molar-refractivity contribution in [1.82, 2.24) is 10.3 Å². The van der Waals surface area contributed by atoms with Crippen LogP contribution in [-0.4, -0.2) is 18.1 Å². The Morgan fingerprint density at radius 3 is 2.37 bits per heavy atom. The number of nitrogens with zero attached hydrogens (tertiary/aromatic N) is 1. The highest BCUT2D eigenvalue weighted by atomic mass is 14.9. The van der Waals surface area contributed by atoms with Crippen molar-refractivity contribution in [3.63, 3.8) is 0 Å². The number of pyridine rings is 1. The Morgan fingerprint density at radius 2 is 1.79 bits per heavy atom. The summed E-state index contributed by atoms with van der Waals surface area (Å²) in [5, 5.41) is 3.53. The molecule has 1 fully saturated rings. The van der Waals surface area contributed by atoms with E-state index < -0.39 is 0 Å². The molecule has 1 aromatic heterocycles. The molecule has 19 heavy (non-hydrogen) atoms. The summed E-state index contributed by atoms with van der Waals surface area (Å²) >= 11 is 0. The smallest absolute Gasteiger partial charge is 0.0270 e. The van der Waals surface area contributed by atoms with Crippen molar-refractivity contribution in [3.05, 3.63) is 66.0 Å². The number of likely N-dealkylation sites (N-methyl/N-ethyl adjacent to an activating group) is 1. The largest absolute Gasteiger partial charge is 0.316 e. The SMILES string of the molecule is CNC(Cc1ccncc1)C1(c2ccccc2)CC1. The average Bonchev–Trinajstić information content (AvgIpc) is 3.28. The van der Waals surface area contributed by atoms with E-state index in [0.29, 0.717) is 11.5 Å². The Kier molecular flexibility index (Phi) is 3.34. The van der Waals surface area contributed by atoms with Gasteiger partial charge in [0.2, 0.25) is 0 Å². The third-order valence-electron chi connectivity index (χ3n) is 4.34. The quantitative estimate of drug-likeness (QED) is 0.885. The summed E-state index contributed by atoms with van der Waals surface area (Å²) in [6.07, 6.45) is 7.39. The van der Waals surface area contributed by atoms with Gasteiger partial charge in [-0.3, -0.25) is 4.98 Å². The predicted molar refractivity (Wildman–Crippen MR) is 78.1 cm³/mol. The minimum Gasteiger partial charge on any atom is -0.316 e. The second kappa shape index (κ2) is 5.14. The topological polar surface area (TPSA) is 24.9 Å². The molecule has 1 aromatic carbocycles. The van der Waals surface area contributed by atoms with Gasteiger partial charge in [0.15, 0.2) is 0 Å². The number of hydrogen-bond donors (Lipinski definition) is 1. The highest BCUT2D eigenvalue weighted by Gasteiger charge is 2.49. The van der Waals surface area contributed by atoms with Crippen LogP contribution >= 0.6 is 0 Å². The number of benzene rings is 1. The minimum atomic E-state index is 0.333. The van der Waals surface area contributed by atoms with Gasteiger partial charge < -0.3 is 5.32 Å². The molecule has 1 saturated carbocycles. The molecule has 0 radical (unpaired) electrons. The van der Waals surface area contributed by atoms with E-state index in [4.69, 9.17) is 0 Å². The van der Waals surface area contributed by atoms with Gasteiger partial charge in [0.05, 0.1) is 0 Å². The van der Waals surface area contributed by atoms with Crippen molar-refractivity contribution in [2.75, 3.05) is 7.05 Å². The highest BCUT2D eigenvalue weighted by molar-refractivity contribution is 5.35. The Hall–Kier alpha value is -1.67. The normalized spacial score (nSPS) is 17.9. The molecule has 2 heteroatoms. The number of rotatable bonds is 5. The van der Waals surface area contributed by atoms with Gasteiger partial charge in [0, 0.05) is 23.9 Å². The van der Waals surface area contributed by atoms with Gasteiger partial charge >= 0.3 is 0 Å². The van der Waals surface area contributed by atoms with Crippen molar-refractivity contribution >= 4 is 0 Å². The van der Waals surface area contributed by atoms with Crippen LogP contribution in [-0.2, 0) is 11.8 Å². The van der Waals surface area contributed by atoms with E-state index in [2.05, 4.69) is 59.8 Å². The molecule has 0 bridgehead atoms. The van der Waals surface area contributed by atoms with Crippen molar-refractivity contribution in [1.29, 1.82) is 0 Å². The summed E-state index contributed by atoms with van der Waals surface area (Å²) < 4.78 is 0. The Morgan fingerprint density at radius 1 is 1.11 bits per heavy atom. The zero-order chi connectivity index (χ0) is 13.1. The summed E-state index contributed by atoms with van der Waals surface area (Å²) in [4.78, 5) is 4.09. The van der Waals surface area contributed by atoms with E-state index in [-0.39, 0.29) is 0 Å². The lowest BCUT2D eigenvalue weighted by molar-refractivity contribution is 0.442. The average molecular weight is 252 g/mol. The molecule has 1 atom stereocenters. The fraction of sp³-hybridized carbons (Fsp3) is 0.353. The molecule has 0 amide bonds. The molecule has 98 valence electrons. The van der Waals surface area contributed by atoms with Crippen LogP contribution in [0.2, 0.25) is 0 Å². The van der Waals surface area contributed by atoms with Gasteiger partial charge in [-0.15, -0.1) is 0 Å². The highest BCUT2D eigenvalue weighted by Crippen LogP contribution is 2.51. The maximum absolute atomic E-state index is 4.09. The Labute approximate surface area is 114 Å². The first-order valence-electron chi connectivity index (χ1n) is 6.97. The van der Waals surface area contributed by atoms with Crippen molar-refractivity contribution < 1.29 is 0 Å². The summed E-state index contributed by atoms with van der Waals surface area (Å²) in [5.74, 6) is 0. The van der Waals surface area contributed by atoms with Crippen LogP contribution in [0.4, 0.5) is 0 Å². The lowest BCUT2D eigenvalue weighted by atomic mass is 9.84. The van der Waals surface area contributed by atoms with E-state index in [1.54, 1.807) is 0 Å². The van der Waals surface area contributed by atoms with Gasteiger partial charge in [0.1, 0.15) is 0 Å². The van der Waals surface area contributed by atoms with Crippen molar-refractivity contribution in [3.8, 4) is 0 Å². The van der Waals surface area contributed by atoms with Crippen LogP contribution in [0.1, 0.15) is 24.0 Å². The molecule has 0 saturated heterocycles. The van der Waals surface area contributed by atoms with Crippen LogP contribution in [0.5, 0.6) is 0 Å². The van der Waals surface area contributed by atoms with Gasteiger partial charge in [-0.1, -0.05) is 30.3 Å². The van der Waals surface area contributed by atoms with Crippen LogP contribution in [0.25, 0.3) is 0 Å². The zero-order valence-corrected chi connectivity index (χ0v) is 11.3. The van der Waals surface area contributed by atoms with Crippen LogP contribution in [0, 0.1) is 0 Å². The fourth-order valence-electron chi connectivity index (χ4n) is 3.07. The molecule has 0 spiro atoms. The molecule has 1 aliphatic carbocycles. The van der Waals surface area contributed by atoms with E-state index in [0.717, 1.165) is 6.42 Å². The molecular weight excluding hydrogens is 232 g/mol. The van der Waals surface area contributed by atoms with Crippen LogP contribution in [0.3, 0.4) is 0 Å². The Balaban J connectivity index is 1.83. The van der Waals surface area contributed by atoms with E-state index in [1.807, 2.05) is 12.4 Å². The van der Waals surface area contributed by atoms with Gasteiger partial charge in [-0.25, -0.2) is 0 Å². The molecule has 2 nitrogen and oxygen atoms in total. The van der Waals surface area contributed by atoms with Gasteiger partial charge in [0.25, 0.3) is 0 Å². The second-order valence-corrected chi connectivity index (χ2v) is 5.42. The van der Waals surface area contributed by atoms with Crippen LogP contribution in [0.15, 0.2) is 54.9 Å². The summed E-state index contributed by atoms with van der Waals surface area (Å²) in [5.41, 5.74) is 3.17. The van der Waals surface area contributed by atoms with E-state index in [9.17, 15) is 0 Å². The maximum Gasteiger partial charge on any atom is 0.0270 e. The third kappa shape index (κ3) is 2.41. The van der Waals surface area contributed by atoms with Crippen molar-refractivity contribution in [2.45, 2.75) is 30.7 Å². The van der Waals surface area contributed by atoms with Crippen molar-refractivity contribution in [2.24, 2.45) is 0 Å². The maximum atomic E-state index is 4.09. The third-order valence-corrected chi connectivity index (χ3v) is 4.34. The first-order valence-corrected chi connectivity index (χ1v) is 6.97. The van der Waals surface area contributed by atoms with Crippen LogP contribution < -0.4 is 5.32 Å².